The molecule has 4 rings (SSSR count). The molecule has 2 amide bonds. The SMILES string of the molecule is O=C1CCCN(C(=O)[C@@H]2C[C@@H](S)CN2S(=O)(=O)c2ccc3ccccc3c2)N1. The molecule has 0 aromatic heterocycles. The average molecular weight is 420 g/mol. The topological polar surface area (TPSA) is 86.8 Å². The number of thiol groups is 1. The van der Waals surface area contributed by atoms with Crippen LogP contribution in [0.2, 0.25) is 0 Å². The van der Waals surface area contributed by atoms with Gasteiger partial charge in [-0.25, -0.2) is 8.42 Å². The van der Waals surface area contributed by atoms with Crippen LogP contribution in [-0.2, 0) is 19.6 Å². The van der Waals surface area contributed by atoms with Gasteiger partial charge < -0.3 is 0 Å². The number of nitrogens with one attached hydrogen (secondary N) is 1. The van der Waals surface area contributed by atoms with Crippen molar-refractivity contribution < 1.29 is 18.0 Å². The Labute approximate surface area is 169 Å². The molecule has 0 spiro atoms. The summed E-state index contributed by atoms with van der Waals surface area (Å²) in [6.07, 6.45) is 1.23. The first-order valence-corrected chi connectivity index (χ1v) is 11.1. The van der Waals surface area contributed by atoms with E-state index in [-0.39, 0.29) is 22.6 Å². The maximum atomic E-state index is 13.3. The molecule has 1 N–H and O–H groups in total. The van der Waals surface area contributed by atoms with Crippen LogP contribution < -0.4 is 5.43 Å². The first-order chi connectivity index (χ1) is 13.4. The lowest BCUT2D eigenvalue weighted by Crippen LogP contribution is -2.56. The summed E-state index contributed by atoms with van der Waals surface area (Å²) in [5.41, 5.74) is 2.54. The number of sulfonamides is 1. The molecule has 2 aliphatic heterocycles. The highest BCUT2D eigenvalue weighted by molar-refractivity contribution is 7.89. The summed E-state index contributed by atoms with van der Waals surface area (Å²) < 4.78 is 27.9. The predicted octanol–water partition coefficient (Wildman–Crippen LogP) is 1.55. The molecule has 0 unspecified atom stereocenters. The fourth-order valence-electron chi connectivity index (χ4n) is 3.74. The standard InChI is InChI=1S/C19H21N3O4S2/c23-18-6-3-9-21(20-18)19(24)17-11-15(27)12-22(17)28(25,26)16-8-7-13-4-1-2-5-14(13)10-16/h1-2,4-5,7-8,10,15,17,27H,3,6,9,11-12H2,(H,20,23)/t15-,17+/m1/s1. The zero-order valence-corrected chi connectivity index (χ0v) is 16.8. The van der Waals surface area contributed by atoms with Crippen molar-refractivity contribution >= 4 is 45.2 Å². The summed E-state index contributed by atoms with van der Waals surface area (Å²) in [4.78, 5) is 24.7. The number of hydrogen-bond acceptors (Lipinski definition) is 5. The Kier molecular flexibility index (Phi) is 5.07. The van der Waals surface area contributed by atoms with E-state index in [1.165, 1.54) is 9.31 Å². The monoisotopic (exact) mass is 419 g/mol. The summed E-state index contributed by atoms with van der Waals surface area (Å²) >= 11 is 4.43. The van der Waals surface area contributed by atoms with Gasteiger partial charge in [0.25, 0.3) is 5.91 Å². The van der Waals surface area contributed by atoms with Crippen molar-refractivity contribution in [3.05, 3.63) is 42.5 Å². The lowest BCUT2D eigenvalue weighted by Gasteiger charge is -2.32. The Bertz CT molecular complexity index is 1040. The zero-order chi connectivity index (χ0) is 19.9. The van der Waals surface area contributed by atoms with Crippen molar-refractivity contribution in [2.75, 3.05) is 13.1 Å². The second-order valence-corrected chi connectivity index (χ2v) is 9.74. The van der Waals surface area contributed by atoms with Gasteiger partial charge in [0.1, 0.15) is 6.04 Å². The van der Waals surface area contributed by atoms with Gasteiger partial charge in [0.2, 0.25) is 15.9 Å². The van der Waals surface area contributed by atoms with Gasteiger partial charge in [0.05, 0.1) is 4.90 Å². The van der Waals surface area contributed by atoms with Crippen molar-refractivity contribution in [3.8, 4) is 0 Å². The molecule has 7 nitrogen and oxygen atoms in total. The van der Waals surface area contributed by atoms with Gasteiger partial charge in [0.15, 0.2) is 0 Å². The lowest BCUT2D eigenvalue weighted by atomic mass is 10.1. The zero-order valence-electron chi connectivity index (χ0n) is 15.1. The van der Waals surface area contributed by atoms with Crippen molar-refractivity contribution in [2.45, 2.75) is 35.4 Å². The maximum absolute atomic E-state index is 13.3. The molecule has 2 aliphatic rings. The number of carbonyl (C=O) groups excluding carboxylic acids is 2. The normalized spacial score (nSPS) is 23.8. The Hall–Kier alpha value is -2.10. The van der Waals surface area contributed by atoms with Crippen LogP contribution in [0.1, 0.15) is 19.3 Å². The minimum absolute atomic E-state index is 0.147. The van der Waals surface area contributed by atoms with Crippen molar-refractivity contribution in [2.24, 2.45) is 0 Å². The third-order valence-electron chi connectivity index (χ3n) is 5.16. The maximum Gasteiger partial charge on any atom is 0.259 e. The van der Waals surface area contributed by atoms with Crippen LogP contribution in [0.25, 0.3) is 10.8 Å². The van der Waals surface area contributed by atoms with E-state index in [1.807, 2.05) is 24.3 Å². The van der Waals surface area contributed by atoms with E-state index >= 15 is 0 Å². The van der Waals surface area contributed by atoms with Crippen LogP contribution in [0.15, 0.2) is 47.4 Å². The molecule has 28 heavy (non-hydrogen) atoms. The number of nitrogens with zero attached hydrogens (tertiary/aromatic N) is 2. The van der Waals surface area contributed by atoms with E-state index < -0.39 is 22.0 Å². The molecule has 0 bridgehead atoms. The van der Waals surface area contributed by atoms with E-state index in [2.05, 4.69) is 18.1 Å². The Morgan fingerprint density at radius 3 is 2.64 bits per heavy atom. The highest BCUT2D eigenvalue weighted by Gasteiger charge is 2.45. The largest absolute Gasteiger partial charge is 0.273 e. The van der Waals surface area contributed by atoms with Gasteiger partial charge in [0, 0.05) is 24.8 Å². The quantitative estimate of drug-likeness (QED) is 0.739. The van der Waals surface area contributed by atoms with E-state index in [9.17, 15) is 18.0 Å². The number of rotatable bonds is 3. The van der Waals surface area contributed by atoms with E-state index in [4.69, 9.17) is 0 Å². The smallest absolute Gasteiger partial charge is 0.259 e. The molecule has 2 heterocycles. The van der Waals surface area contributed by atoms with Crippen LogP contribution in [0.5, 0.6) is 0 Å². The molecule has 0 radical (unpaired) electrons. The number of benzene rings is 2. The molecule has 2 atom stereocenters. The van der Waals surface area contributed by atoms with Crippen molar-refractivity contribution in [1.29, 1.82) is 0 Å². The molecule has 2 aromatic carbocycles. The van der Waals surface area contributed by atoms with Gasteiger partial charge in [-0.1, -0.05) is 30.3 Å². The van der Waals surface area contributed by atoms with Crippen molar-refractivity contribution in [3.63, 3.8) is 0 Å². The lowest BCUT2D eigenvalue weighted by molar-refractivity contribution is -0.146. The number of amides is 2. The van der Waals surface area contributed by atoms with Crippen LogP contribution in [-0.4, -0.2) is 53.9 Å². The molecular weight excluding hydrogens is 398 g/mol. The number of hydrogen-bond donors (Lipinski definition) is 2. The Balaban J connectivity index is 1.66. The van der Waals surface area contributed by atoms with Crippen LogP contribution in [0, 0.1) is 0 Å². The van der Waals surface area contributed by atoms with Crippen molar-refractivity contribution in [1.82, 2.24) is 14.7 Å². The Morgan fingerprint density at radius 1 is 1.14 bits per heavy atom. The number of fused-ring (bicyclic) bond motifs is 1. The molecule has 0 saturated carbocycles. The van der Waals surface area contributed by atoms with E-state index in [0.717, 1.165) is 10.8 Å². The molecule has 148 valence electrons. The highest BCUT2D eigenvalue weighted by atomic mass is 32.2. The van der Waals surface area contributed by atoms with Gasteiger partial charge in [-0.2, -0.15) is 16.9 Å². The minimum Gasteiger partial charge on any atom is -0.273 e. The van der Waals surface area contributed by atoms with E-state index in [0.29, 0.717) is 25.8 Å². The van der Waals surface area contributed by atoms with Gasteiger partial charge in [-0.15, -0.1) is 0 Å². The fraction of sp³-hybridized carbons (Fsp3) is 0.368. The second-order valence-electron chi connectivity index (χ2n) is 7.12. The first kappa shape index (κ1) is 19.2. The summed E-state index contributed by atoms with van der Waals surface area (Å²) in [6, 6.07) is 11.6. The number of hydrazine groups is 1. The van der Waals surface area contributed by atoms with Crippen LogP contribution >= 0.6 is 12.6 Å². The van der Waals surface area contributed by atoms with Crippen LogP contribution in [0.4, 0.5) is 0 Å². The molecular formula is C19H21N3O4S2. The molecule has 2 saturated heterocycles. The third-order valence-corrected chi connectivity index (χ3v) is 7.40. The predicted molar refractivity (Wildman–Crippen MR) is 108 cm³/mol. The fourth-order valence-corrected chi connectivity index (χ4v) is 5.90. The minimum atomic E-state index is -3.89. The molecule has 0 aliphatic carbocycles. The summed E-state index contributed by atoms with van der Waals surface area (Å²) in [5.74, 6) is -0.641. The summed E-state index contributed by atoms with van der Waals surface area (Å²) in [7, 11) is -3.89. The molecule has 9 heteroatoms. The molecule has 2 aromatic rings. The average Bonchev–Trinajstić information content (AvgIpc) is 3.09. The first-order valence-electron chi connectivity index (χ1n) is 9.16. The van der Waals surface area contributed by atoms with Gasteiger partial charge in [-0.05, 0) is 35.7 Å². The highest BCUT2D eigenvalue weighted by Crippen LogP contribution is 2.31. The third kappa shape index (κ3) is 3.49. The summed E-state index contributed by atoms with van der Waals surface area (Å²) in [6.45, 7) is 0.526. The van der Waals surface area contributed by atoms with Gasteiger partial charge >= 0.3 is 0 Å². The second kappa shape index (κ2) is 7.38. The number of carbonyl (C=O) groups is 2. The molecule has 2 fully saturated rings. The Morgan fingerprint density at radius 2 is 1.89 bits per heavy atom. The van der Waals surface area contributed by atoms with Crippen LogP contribution in [0.3, 0.4) is 0 Å². The van der Waals surface area contributed by atoms with Gasteiger partial charge in [-0.3, -0.25) is 20.0 Å². The summed E-state index contributed by atoms with van der Waals surface area (Å²) in [5, 5.41) is 2.75. The van der Waals surface area contributed by atoms with E-state index in [1.54, 1.807) is 18.2 Å².